The van der Waals surface area contributed by atoms with E-state index >= 15 is 0 Å². The van der Waals surface area contributed by atoms with Crippen LogP contribution < -0.4 is 5.46 Å². The van der Waals surface area contributed by atoms with E-state index in [1.165, 1.54) is 12.1 Å². The highest BCUT2D eigenvalue weighted by Gasteiger charge is 2.09. The van der Waals surface area contributed by atoms with Gasteiger partial charge in [0.1, 0.15) is 18.9 Å². The maximum absolute atomic E-state index is 14.5. The van der Waals surface area contributed by atoms with Gasteiger partial charge in [0.2, 0.25) is 0 Å². The molecule has 0 spiro atoms. The number of halogens is 2. The van der Waals surface area contributed by atoms with E-state index in [0.29, 0.717) is 0 Å². The van der Waals surface area contributed by atoms with Crippen LogP contribution in [-0.4, -0.2) is 7.28 Å². The normalized spacial score (nSPS) is 9.86. The van der Waals surface area contributed by atoms with Crippen LogP contribution >= 0.6 is 0 Å². The average molecular weight is 381 g/mol. The molecular formula is C26H20BF2. The highest BCUT2D eigenvalue weighted by molar-refractivity contribution is 6.52. The molecule has 0 nitrogen and oxygen atoms in total. The molecule has 0 unspecified atom stereocenters. The minimum Gasteiger partial charge on any atom is -0.205 e. The third-order valence-corrected chi connectivity index (χ3v) is 4.69. The molecule has 0 saturated carbocycles. The Hall–Kier alpha value is -3.30. The molecule has 0 aliphatic heterocycles. The Bertz CT molecular complexity index is 1160. The lowest BCUT2D eigenvalue weighted by Crippen LogP contribution is -2.15. The molecule has 0 aliphatic rings. The quantitative estimate of drug-likeness (QED) is 0.408. The molecule has 0 aliphatic carbocycles. The van der Waals surface area contributed by atoms with Crippen LogP contribution in [0.4, 0.5) is 8.78 Å². The van der Waals surface area contributed by atoms with Gasteiger partial charge in [-0.1, -0.05) is 65.3 Å². The van der Waals surface area contributed by atoms with E-state index in [2.05, 4.69) is 23.7 Å². The van der Waals surface area contributed by atoms with Crippen LogP contribution in [-0.2, 0) is 0 Å². The minimum absolute atomic E-state index is 0.242. The average Bonchev–Trinajstić information content (AvgIpc) is 2.69. The molecule has 3 heteroatoms. The monoisotopic (exact) mass is 381 g/mol. The fraction of sp³-hybridized carbons (Fsp3) is 0.154. The van der Waals surface area contributed by atoms with E-state index in [1.807, 2.05) is 71.3 Å². The van der Waals surface area contributed by atoms with Crippen molar-refractivity contribution in [3.63, 3.8) is 0 Å². The first-order chi connectivity index (χ1) is 13.9. The zero-order valence-corrected chi connectivity index (χ0v) is 17.0. The molecule has 0 atom stereocenters. The highest BCUT2D eigenvalue weighted by Crippen LogP contribution is 2.15. The lowest BCUT2D eigenvalue weighted by atomic mass is 9.70. The topological polar surface area (TPSA) is 0 Å². The molecule has 3 rings (SSSR count). The Morgan fingerprint density at radius 3 is 1.93 bits per heavy atom. The van der Waals surface area contributed by atoms with Crippen molar-refractivity contribution < 1.29 is 8.78 Å². The van der Waals surface area contributed by atoms with Gasteiger partial charge >= 0.3 is 0 Å². The zero-order valence-electron chi connectivity index (χ0n) is 17.0. The number of rotatable bonds is 1. The van der Waals surface area contributed by atoms with Gasteiger partial charge in [0.05, 0.1) is 5.56 Å². The van der Waals surface area contributed by atoms with E-state index in [-0.39, 0.29) is 11.1 Å². The number of benzene rings is 3. The van der Waals surface area contributed by atoms with Crippen molar-refractivity contribution in [2.45, 2.75) is 27.6 Å². The fourth-order valence-electron chi connectivity index (χ4n) is 2.96. The van der Waals surface area contributed by atoms with Crippen LogP contribution in [0.15, 0.2) is 48.5 Å². The summed E-state index contributed by atoms with van der Waals surface area (Å²) in [6.07, 6.45) is 0. The molecule has 3 aromatic carbocycles. The summed E-state index contributed by atoms with van der Waals surface area (Å²) in [6.45, 7) is 7.89. The van der Waals surface area contributed by atoms with Crippen LogP contribution in [0.3, 0.4) is 0 Å². The molecule has 0 amide bonds. The molecule has 0 aromatic heterocycles. The molecule has 3 aromatic rings. The Labute approximate surface area is 172 Å². The van der Waals surface area contributed by atoms with Crippen molar-refractivity contribution in [2.75, 3.05) is 0 Å². The van der Waals surface area contributed by atoms with E-state index in [9.17, 15) is 8.78 Å². The summed E-state index contributed by atoms with van der Waals surface area (Å²) in [4.78, 5) is 0. The molecule has 141 valence electrons. The summed E-state index contributed by atoms with van der Waals surface area (Å²) in [5, 5.41) is 0. The molecule has 0 fully saturated rings. The predicted molar refractivity (Wildman–Crippen MR) is 117 cm³/mol. The second-order valence-electron chi connectivity index (χ2n) is 6.99. The molecule has 0 N–H and O–H groups in total. The Morgan fingerprint density at radius 1 is 0.690 bits per heavy atom. The van der Waals surface area contributed by atoms with Crippen molar-refractivity contribution in [1.29, 1.82) is 0 Å². The van der Waals surface area contributed by atoms with Gasteiger partial charge in [-0.15, -0.1) is 0 Å². The highest BCUT2D eigenvalue weighted by atomic mass is 19.1. The first-order valence-corrected chi connectivity index (χ1v) is 9.37. The van der Waals surface area contributed by atoms with Crippen molar-refractivity contribution in [3.8, 4) is 23.7 Å². The minimum atomic E-state index is -0.710. The van der Waals surface area contributed by atoms with E-state index in [4.69, 9.17) is 0 Å². The molecule has 0 saturated heterocycles. The smallest absolute Gasteiger partial charge is 0.148 e. The second kappa shape index (κ2) is 8.81. The standard InChI is InChI=1S/C26H20BF2/c1-17-5-7-20(8-6-17)9-10-21-15-25(28)23(26(29)16-21)12-11-22-13-19(3)24(27-4)14-18(22)2/h5-8,13-16H,1-4H3. The summed E-state index contributed by atoms with van der Waals surface area (Å²) < 4.78 is 29.0. The van der Waals surface area contributed by atoms with Gasteiger partial charge in [0.15, 0.2) is 0 Å². The summed E-state index contributed by atoms with van der Waals surface area (Å²) in [7, 11) is 2.02. The largest absolute Gasteiger partial charge is 0.205 e. The zero-order chi connectivity index (χ0) is 21.0. The summed E-state index contributed by atoms with van der Waals surface area (Å²) in [5.41, 5.74) is 5.89. The predicted octanol–water partition coefficient (Wildman–Crippen LogP) is 5.07. The van der Waals surface area contributed by atoms with E-state index < -0.39 is 11.6 Å². The Balaban J connectivity index is 1.91. The van der Waals surface area contributed by atoms with Crippen LogP contribution in [0.1, 0.15) is 38.9 Å². The lowest BCUT2D eigenvalue weighted by molar-refractivity contribution is 0.577. The molecule has 1 radical (unpaired) electrons. The third kappa shape index (κ3) is 4.95. The van der Waals surface area contributed by atoms with E-state index in [1.54, 1.807) is 0 Å². The Morgan fingerprint density at radius 2 is 1.31 bits per heavy atom. The van der Waals surface area contributed by atoms with Crippen molar-refractivity contribution in [3.05, 3.63) is 99.1 Å². The van der Waals surface area contributed by atoms with Crippen molar-refractivity contribution >= 4 is 12.7 Å². The molecular weight excluding hydrogens is 361 g/mol. The number of hydrogen-bond donors (Lipinski definition) is 0. The number of hydrogen-bond acceptors (Lipinski definition) is 0. The van der Waals surface area contributed by atoms with Crippen LogP contribution in [0, 0.1) is 56.1 Å². The Kier molecular flexibility index (Phi) is 6.21. The van der Waals surface area contributed by atoms with Gasteiger partial charge in [-0.3, -0.25) is 0 Å². The van der Waals surface area contributed by atoms with Gasteiger partial charge in [-0.25, -0.2) is 8.78 Å². The van der Waals surface area contributed by atoms with E-state index in [0.717, 1.165) is 33.3 Å². The SMILES string of the molecule is C[B]c1cc(C)c(C#Cc2c(F)cc(C#Cc3ccc(C)cc3)cc2F)cc1C. The van der Waals surface area contributed by atoms with Gasteiger partial charge in [0, 0.05) is 16.7 Å². The fourth-order valence-corrected chi connectivity index (χ4v) is 2.96. The van der Waals surface area contributed by atoms with Gasteiger partial charge in [-0.05, 0) is 56.7 Å². The first kappa shape index (κ1) is 20.4. The second-order valence-corrected chi connectivity index (χ2v) is 6.99. The summed E-state index contributed by atoms with van der Waals surface area (Å²) in [6, 6.07) is 14.0. The van der Waals surface area contributed by atoms with Crippen molar-refractivity contribution in [2.24, 2.45) is 0 Å². The maximum atomic E-state index is 14.5. The van der Waals surface area contributed by atoms with Gasteiger partial charge in [-0.2, -0.15) is 0 Å². The number of aryl methyl sites for hydroxylation is 3. The van der Waals surface area contributed by atoms with Gasteiger partial charge in [0.25, 0.3) is 0 Å². The van der Waals surface area contributed by atoms with Crippen LogP contribution in [0.25, 0.3) is 0 Å². The van der Waals surface area contributed by atoms with Crippen LogP contribution in [0.2, 0.25) is 6.82 Å². The molecule has 29 heavy (non-hydrogen) atoms. The first-order valence-electron chi connectivity index (χ1n) is 9.37. The molecule has 0 bridgehead atoms. The summed E-state index contributed by atoms with van der Waals surface area (Å²) in [5.74, 6) is 9.87. The maximum Gasteiger partial charge on any atom is 0.148 e. The van der Waals surface area contributed by atoms with Crippen LogP contribution in [0.5, 0.6) is 0 Å². The van der Waals surface area contributed by atoms with Gasteiger partial charge < -0.3 is 0 Å². The lowest BCUT2D eigenvalue weighted by Gasteiger charge is -2.06. The third-order valence-electron chi connectivity index (χ3n) is 4.69. The summed E-state index contributed by atoms with van der Waals surface area (Å²) >= 11 is 0. The van der Waals surface area contributed by atoms with Crippen molar-refractivity contribution in [1.82, 2.24) is 0 Å². The molecule has 0 heterocycles.